The predicted molar refractivity (Wildman–Crippen MR) is 120 cm³/mol. The van der Waals surface area contributed by atoms with Gasteiger partial charge in [-0.05, 0) is 43.0 Å². The van der Waals surface area contributed by atoms with Gasteiger partial charge in [-0.1, -0.05) is 30.3 Å². The van der Waals surface area contributed by atoms with E-state index in [1.807, 2.05) is 30.3 Å². The van der Waals surface area contributed by atoms with Crippen molar-refractivity contribution >= 4 is 26.8 Å². The summed E-state index contributed by atoms with van der Waals surface area (Å²) in [5.41, 5.74) is 0.0835. The standard InChI is InChI=1S/C22H24N4O5S/c27-20(9-6-15-4-2-1-3-5-15)23-16-10-12-26(13-11-16)32(30,31)17-7-8-19-18(14-17)21(28)25-22(29)24-19/h1-5,7-8,14,16H,6,9-13H2,(H,23,27)(H2,24,25,28,29). The second-order valence-electron chi connectivity index (χ2n) is 7.85. The second kappa shape index (κ2) is 9.09. The SMILES string of the molecule is O=C(CCc1ccccc1)NC1CCN(S(=O)(=O)c2ccc3[nH]c(=O)[nH]c(=O)c3c2)CC1. The number of rotatable bonds is 6. The van der Waals surface area contributed by atoms with Crippen molar-refractivity contribution in [1.29, 1.82) is 0 Å². The third kappa shape index (κ3) is 4.81. The fourth-order valence-corrected chi connectivity index (χ4v) is 5.39. The molecule has 1 amide bonds. The van der Waals surface area contributed by atoms with Gasteiger partial charge in [0.1, 0.15) is 0 Å². The van der Waals surface area contributed by atoms with E-state index in [2.05, 4.69) is 15.3 Å². The number of benzene rings is 2. The van der Waals surface area contributed by atoms with Crippen LogP contribution in [0, 0.1) is 0 Å². The normalized spacial score (nSPS) is 15.6. The average molecular weight is 457 g/mol. The number of H-pyrrole nitrogens is 2. The average Bonchev–Trinajstić information content (AvgIpc) is 2.78. The Balaban J connectivity index is 1.37. The number of aryl methyl sites for hydroxylation is 1. The molecule has 2 aromatic carbocycles. The zero-order valence-electron chi connectivity index (χ0n) is 17.3. The van der Waals surface area contributed by atoms with Gasteiger partial charge in [0.05, 0.1) is 15.8 Å². The molecular formula is C22H24N4O5S. The van der Waals surface area contributed by atoms with Gasteiger partial charge in [-0.2, -0.15) is 4.31 Å². The molecule has 0 bridgehead atoms. The molecule has 10 heteroatoms. The number of carbonyl (C=O) groups is 1. The molecule has 0 unspecified atom stereocenters. The lowest BCUT2D eigenvalue weighted by molar-refractivity contribution is -0.122. The number of nitrogens with zero attached hydrogens (tertiary/aromatic N) is 1. The molecule has 0 saturated carbocycles. The van der Waals surface area contributed by atoms with Gasteiger partial charge in [-0.3, -0.25) is 14.6 Å². The number of sulfonamides is 1. The summed E-state index contributed by atoms with van der Waals surface area (Å²) in [5, 5.41) is 3.10. The summed E-state index contributed by atoms with van der Waals surface area (Å²) in [6.45, 7) is 0.540. The van der Waals surface area contributed by atoms with Crippen molar-refractivity contribution in [1.82, 2.24) is 19.6 Å². The minimum absolute atomic E-state index is 0.00658. The molecule has 2 heterocycles. The Kier molecular flexibility index (Phi) is 6.24. The van der Waals surface area contributed by atoms with Crippen molar-refractivity contribution in [3.05, 3.63) is 74.9 Å². The molecule has 32 heavy (non-hydrogen) atoms. The summed E-state index contributed by atoms with van der Waals surface area (Å²) in [6.07, 6.45) is 2.07. The summed E-state index contributed by atoms with van der Waals surface area (Å²) in [4.78, 5) is 40.2. The molecule has 0 aliphatic carbocycles. The van der Waals surface area contributed by atoms with Crippen molar-refractivity contribution < 1.29 is 13.2 Å². The second-order valence-corrected chi connectivity index (χ2v) is 9.79. The Bertz CT molecular complexity index is 1340. The maximum Gasteiger partial charge on any atom is 0.326 e. The van der Waals surface area contributed by atoms with E-state index in [9.17, 15) is 22.8 Å². The number of carbonyl (C=O) groups excluding carboxylic acids is 1. The highest BCUT2D eigenvalue weighted by Gasteiger charge is 2.30. The number of hydrogen-bond donors (Lipinski definition) is 3. The van der Waals surface area contributed by atoms with Crippen molar-refractivity contribution in [2.24, 2.45) is 0 Å². The van der Waals surface area contributed by atoms with Crippen LogP contribution in [0.5, 0.6) is 0 Å². The molecule has 1 fully saturated rings. The summed E-state index contributed by atoms with van der Waals surface area (Å²) in [5.74, 6) is -0.0436. The number of nitrogens with one attached hydrogen (secondary N) is 3. The molecule has 3 N–H and O–H groups in total. The Labute approximate surface area is 184 Å². The Morgan fingerprint density at radius 2 is 1.75 bits per heavy atom. The van der Waals surface area contributed by atoms with Crippen LogP contribution in [0.1, 0.15) is 24.8 Å². The smallest absolute Gasteiger partial charge is 0.326 e. The van der Waals surface area contributed by atoms with E-state index >= 15 is 0 Å². The molecule has 0 radical (unpaired) electrons. The van der Waals surface area contributed by atoms with Gasteiger partial charge in [-0.15, -0.1) is 0 Å². The van der Waals surface area contributed by atoms with Crippen LogP contribution in [0.3, 0.4) is 0 Å². The molecule has 9 nitrogen and oxygen atoms in total. The van der Waals surface area contributed by atoms with Crippen LogP contribution in [0.25, 0.3) is 10.9 Å². The summed E-state index contributed by atoms with van der Waals surface area (Å²) in [6, 6.07) is 13.8. The fraction of sp³-hybridized carbons (Fsp3) is 0.318. The molecule has 1 aliphatic rings. The fourth-order valence-electron chi connectivity index (χ4n) is 3.90. The zero-order chi connectivity index (χ0) is 22.7. The van der Waals surface area contributed by atoms with E-state index in [0.29, 0.717) is 25.7 Å². The highest BCUT2D eigenvalue weighted by Crippen LogP contribution is 2.22. The zero-order valence-corrected chi connectivity index (χ0v) is 18.2. The van der Waals surface area contributed by atoms with E-state index in [0.717, 1.165) is 5.56 Å². The molecule has 0 atom stereocenters. The first-order valence-corrected chi connectivity index (χ1v) is 11.9. The van der Waals surface area contributed by atoms with Gasteiger partial charge in [0, 0.05) is 25.6 Å². The number of piperidine rings is 1. The van der Waals surface area contributed by atoms with Crippen LogP contribution >= 0.6 is 0 Å². The highest BCUT2D eigenvalue weighted by atomic mass is 32.2. The van der Waals surface area contributed by atoms with Crippen LogP contribution in [0.4, 0.5) is 0 Å². The molecule has 1 aromatic heterocycles. The number of amides is 1. The quantitative estimate of drug-likeness (QED) is 0.511. The van der Waals surface area contributed by atoms with Crippen LogP contribution in [0.15, 0.2) is 63.0 Å². The van der Waals surface area contributed by atoms with Gasteiger partial charge < -0.3 is 10.3 Å². The number of fused-ring (bicyclic) bond motifs is 1. The largest absolute Gasteiger partial charge is 0.353 e. The van der Waals surface area contributed by atoms with Crippen molar-refractivity contribution in [3.8, 4) is 0 Å². The van der Waals surface area contributed by atoms with Crippen LogP contribution in [0.2, 0.25) is 0 Å². The lowest BCUT2D eigenvalue weighted by Crippen LogP contribution is -2.46. The third-order valence-electron chi connectivity index (χ3n) is 5.65. The maximum absolute atomic E-state index is 13.1. The Hall–Kier alpha value is -3.24. The van der Waals surface area contributed by atoms with Gasteiger partial charge in [0.25, 0.3) is 5.56 Å². The van der Waals surface area contributed by atoms with Gasteiger partial charge in [-0.25, -0.2) is 13.2 Å². The van der Waals surface area contributed by atoms with Crippen LogP contribution in [-0.2, 0) is 21.2 Å². The van der Waals surface area contributed by atoms with Gasteiger partial charge in [0.2, 0.25) is 15.9 Å². The van der Waals surface area contributed by atoms with Crippen LogP contribution < -0.4 is 16.6 Å². The first kappa shape index (κ1) is 22.0. The van der Waals surface area contributed by atoms with E-state index in [1.54, 1.807) is 0 Å². The molecule has 1 saturated heterocycles. The van der Waals surface area contributed by atoms with E-state index in [4.69, 9.17) is 0 Å². The van der Waals surface area contributed by atoms with Crippen molar-refractivity contribution in [2.75, 3.05) is 13.1 Å². The minimum atomic E-state index is -3.80. The highest BCUT2D eigenvalue weighted by molar-refractivity contribution is 7.89. The van der Waals surface area contributed by atoms with Crippen molar-refractivity contribution in [2.45, 2.75) is 36.6 Å². The predicted octanol–water partition coefficient (Wildman–Crippen LogP) is 1.12. The van der Waals surface area contributed by atoms with Gasteiger partial charge >= 0.3 is 5.69 Å². The van der Waals surface area contributed by atoms with Crippen LogP contribution in [-0.4, -0.2) is 47.7 Å². The van der Waals surface area contributed by atoms with E-state index in [1.165, 1.54) is 22.5 Å². The molecule has 0 spiro atoms. The molecular weight excluding hydrogens is 432 g/mol. The van der Waals surface area contributed by atoms with E-state index < -0.39 is 21.3 Å². The number of aromatic nitrogens is 2. The Morgan fingerprint density at radius 1 is 1.03 bits per heavy atom. The monoisotopic (exact) mass is 456 g/mol. The molecule has 3 aromatic rings. The summed E-state index contributed by atoms with van der Waals surface area (Å²) >= 11 is 0. The maximum atomic E-state index is 13.1. The summed E-state index contributed by atoms with van der Waals surface area (Å²) in [7, 11) is -3.80. The molecule has 4 rings (SSSR count). The summed E-state index contributed by atoms with van der Waals surface area (Å²) < 4.78 is 27.5. The Morgan fingerprint density at radius 3 is 2.47 bits per heavy atom. The van der Waals surface area contributed by atoms with E-state index in [-0.39, 0.29) is 40.8 Å². The molecule has 168 valence electrons. The van der Waals surface area contributed by atoms with Crippen molar-refractivity contribution in [3.63, 3.8) is 0 Å². The number of aromatic amines is 2. The topological polar surface area (TPSA) is 132 Å². The molecule has 1 aliphatic heterocycles. The first-order valence-electron chi connectivity index (χ1n) is 10.4. The third-order valence-corrected chi connectivity index (χ3v) is 7.55. The number of hydrogen-bond acceptors (Lipinski definition) is 5. The first-order chi connectivity index (χ1) is 15.3. The lowest BCUT2D eigenvalue weighted by atomic mass is 10.1. The van der Waals surface area contributed by atoms with Gasteiger partial charge in [0.15, 0.2) is 0 Å². The minimum Gasteiger partial charge on any atom is -0.353 e. The lowest BCUT2D eigenvalue weighted by Gasteiger charge is -2.31.